The zero-order valence-corrected chi connectivity index (χ0v) is 10.6. The van der Waals surface area contributed by atoms with Gasteiger partial charge >= 0.3 is 0 Å². The van der Waals surface area contributed by atoms with Crippen LogP contribution in [0.4, 0.5) is 0 Å². The van der Waals surface area contributed by atoms with Gasteiger partial charge in [0.05, 0.1) is 0 Å². The normalized spacial score (nSPS) is 11.5. The molecule has 18 heavy (non-hydrogen) atoms. The number of nitrogens with two attached hydrogens (primary N) is 1. The highest BCUT2D eigenvalue weighted by molar-refractivity contribution is 7.99. The quantitative estimate of drug-likeness (QED) is 0.290. The Morgan fingerprint density at radius 3 is 2.67 bits per heavy atom. The molecule has 3 N–H and O–H groups in total. The lowest BCUT2D eigenvalue weighted by Crippen LogP contribution is -2.13. The van der Waals surface area contributed by atoms with Gasteiger partial charge in [-0.25, -0.2) is 9.97 Å². The van der Waals surface area contributed by atoms with Gasteiger partial charge in [-0.1, -0.05) is 11.2 Å². The van der Waals surface area contributed by atoms with Crippen molar-refractivity contribution in [1.29, 1.82) is 0 Å². The Kier molecular flexibility index (Phi) is 3.78. The van der Waals surface area contributed by atoms with E-state index in [-0.39, 0.29) is 5.84 Å². The number of amidine groups is 1. The zero-order chi connectivity index (χ0) is 13.0. The average Bonchev–Trinajstić information content (AvgIpc) is 2.41. The van der Waals surface area contributed by atoms with E-state index in [0.717, 1.165) is 10.5 Å². The first-order valence-corrected chi connectivity index (χ1v) is 6.06. The van der Waals surface area contributed by atoms with Crippen LogP contribution in [0.3, 0.4) is 0 Å². The van der Waals surface area contributed by atoms with Crippen molar-refractivity contribution in [2.75, 3.05) is 0 Å². The molecule has 6 heteroatoms. The molecule has 0 fully saturated rings. The molecule has 0 spiro atoms. The van der Waals surface area contributed by atoms with Crippen molar-refractivity contribution < 1.29 is 5.21 Å². The summed E-state index contributed by atoms with van der Waals surface area (Å²) in [5, 5.41) is 12.3. The lowest BCUT2D eigenvalue weighted by molar-refractivity contribution is 0.318. The van der Waals surface area contributed by atoms with Crippen molar-refractivity contribution in [3.63, 3.8) is 0 Å². The largest absolute Gasteiger partial charge is 0.409 e. The Bertz CT molecular complexity index is 572. The SMILES string of the molecule is Cc1cc(/C(N)=N/O)ccc1Sc1ncccn1. The Balaban J connectivity index is 2.26. The predicted octanol–water partition coefficient (Wildman–Crippen LogP) is 2.03. The van der Waals surface area contributed by atoms with Gasteiger partial charge in [0.15, 0.2) is 11.0 Å². The van der Waals surface area contributed by atoms with Gasteiger partial charge in [0.2, 0.25) is 0 Å². The molecule has 92 valence electrons. The number of aryl methyl sites for hydroxylation is 1. The number of benzene rings is 1. The number of hydrogen-bond acceptors (Lipinski definition) is 5. The van der Waals surface area contributed by atoms with E-state index in [9.17, 15) is 0 Å². The Labute approximate surface area is 109 Å². The van der Waals surface area contributed by atoms with E-state index in [2.05, 4.69) is 15.1 Å². The van der Waals surface area contributed by atoms with Gasteiger partial charge < -0.3 is 10.9 Å². The molecule has 2 aromatic rings. The molecule has 0 aliphatic rings. The summed E-state index contributed by atoms with van der Waals surface area (Å²) in [6, 6.07) is 7.34. The monoisotopic (exact) mass is 260 g/mol. The third kappa shape index (κ3) is 2.78. The van der Waals surface area contributed by atoms with Crippen LogP contribution in [-0.4, -0.2) is 21.0 Å². The van der Waals surface area contributed by atoms with Gasteiger partial charge in [-0.05, 0) is 42.4 Å². The molecule has 1 aromatic carbocycles. The molecular formula is C12H12N4OS. The maximum atomic E-state index is 8.62. The van der Waals surface area contributed by atoms with Gasteiger partial charge in [-0.2, -0.15) is 0 Å². The molecule has 0 aliphatic heterocycles. The fourth-order valence-corrected chi connectivity index (χ4v) is 2.20. The van der Waals surface area contributed by atoms with E-state index in [1.165, 1.54) is 11.8 Å². The average molecular weight is 260 g/mol. The number of nitrogens with zero attached hydrogens (tertiary/aromatic N) is 3. The first-order chi connectivity index (χ1) is 8.70. The van der Waals surface area contributed by atoms with Crippen LogP contribution in [0.1, 0.15) is 11.1 Å². The van der Waals surface area contributed by atoms with Crippen molar-refractivity contribution in [2.24, 2.45) is 10.9 Å². The fraction of sp³-hybridized carbons (Fsp3) is 0.0833. The third-order valence-electron chi connectivity index (χ3n) is 2.32. The van der Waals surface area contributed by atoms with Crippen LogP contribution in [0.5, 0.6) is 0 Å². The van der Waals surface area contributed by atoms with Crippen molar-refractivity contribution in [1.82, 2.24) is 9.97 Å². The van der Waals surface area contributed by atoms with E-state index < -0.39 is 0 Å². The van der Waals surface area contributed by atoms with Gasteiger partial charge in [-0.15, -0.1) is 0 Å². The van der Waals surface area contributed by atoms with Crippen molar-refractivity contribution >= 4 is 17.6 Å². The number of hydrogen-bond donors (Lipinski definition) is 2. The molecule has 0 bridgehead atoms. The maximum Gasteiger partial charge on any atom is 0.192 e. The molecule has 0 saturated carbocycles. The lowest BCUT2D eigenvalue weighted by Gasteiger charge is -2.06. The van der Waals surface area contributed by atoms with Crippen LogP contribution in [0, 0.1) is 6.92 Å². The van der Waals surface area contributed by atoms with Crippen molar-refractivity contribution in [3.8, 4) is 0 Å². The summed E-state index contributed by atoms with van der Waals surface area (Å²) in [5.41, 5.74) is 7.25. The summed E-state index contributed by atoms with van der Waals surface area (Å²) in [5.74, 6) is 0.102. The van der Waals surface area contributed by atoms with Crippen molar-refractivity contribution in [3.05, 3.63) is 47.8 Å². The number of aromatic nitrogens is 2. The summed E-state index contributed by atoms with van der Waals surface area (Å²) < 4.78 is 0. The highest BCUT2D eigenvalue weighted by atomic mass is 32.2. The van der Waals surface area contributed by atoms with Crippen LogP contribution in [0.25, 0.3) is 0 Å². The second-order valence-electron chi connectivity index (χ2n) is 3.60. The second-order valence-corrected chi connectivity index (χ2v) is 4.61. The van der Waals surface area contributed by atoms with Gasteiger partial charge in [0.1, 0.15) is 0 Å². The highest BCUT2D eigenvalue weighted by Crippen LogP contribution is 2.27. The molecule has 0 saturated heterocycles. The molecule has 2 rings (SSSR count). The van der Waals surface area contributed by atoms with Crippen LogP contribution < -0.4 is 5.73 Å². The summed E-state index contributed by atoms with van der Waals surface area (Å²) in [4.78, 5) is 9.34. The maximum absolute atomic E-state index is 8.62. The number of rotatable bonds is 3. The minimum atomic E-state index is 0.102. The standard InChI is InChI=1S/C12H12N4OS/c1-8-7-9(11(13)16-17)3-4-10(8)18-12-14-5-2-6-15-12/h2-7,17H,1H3,(H2,13,16). The Morgan fingerprint density at radius 1 is 1.33 bits per heavy atom. The molecule has 5 nitrogen and oxygen atoms in total. The molecule has 1 aromatic heterocycles. The third-order valence-corrected chi connectivity index (χ3v) is 3.39. The second kappa shape index (κ2) is 5.50. The van der Waals surface area contributed by atoms with E-state index in [0.29, 0.717) is 10.7 Å². The fourth-order valence-electron chi connectivity index (χ4n) is 1.42. The number of oxime groups is 1. The molecule has 0 radical (unpaired) electrons. The van der Waals surface area contributed by atoms with Crippen LogP contribution in [0.15, 0.2) is 51.9 Å². The topological polar surface area (TPSA) is 84.4 Å². The van der Waals surface area contributed by atoms with E-state index in [1.807, 2.05) is 19.1 Å². The smallest absolute Gasteiger partial charge is 0.192 e. The predicted molar refractivity (Wildman–Crippen MR) is 69.8 cm³/mol. The van der Waals surface area contributed by atoms with Crippen LogP contribution in [0.2, 0.25) is 0 Å². The molecule has 0 aliphatic carbocycles. The van der Waals surface area contributed by atoms with Crippen LogP contribution >= 0.6 is 11.8 Å². The molecule has 0 atom stereocenters. The summed E-state index contributed by atoms with van der Waals surface area (Å²) >= 11 is 1.48. The first kappa shape index (κ1) is 12.4. The van der Waals surface area contributed by atoms with Crippen molar-refractivity contribution in [2.45, 2.75) is 17.0 Å². The molecular weight excluding hydrogens is 248 g/mol. The summed E-state index contributed by atoms with van der Waals surface area (Å²) in [6.07, 6.45) is 3.41. The molecule has 1 heterocycles. The minimum absolute atomic E-state index is 0.102. The van der Waals surface area contributed by atoms with E-state index >= 15 is 0 Å². The summed E-state index contributed by atoms with van der Waals surface area (Å²) in [7, 11) is 0. The minimum Gasteiger partial charge on any atom is -0.409 e. The van der Waals surface area contributed by atoms with E-state index in [4.69, 9.17) is 10.9 Å². The van der Waals surface area contributed by atoms with Gasteiger partial charge in [0, 0.05) is 22.9 Å². The molecule has 0 unspecified atom stereocenters. The summed E-state index contributed by atoms with van der Waals surface area (Å²) in [6.45, 7) is 1.96. The Morgan fingerprint density at radius 2 is 2.06 bits per heavy atom. The van der Waals surface area contributed by atoms with Gasteiger partial charge in [0.25, 0.3) is 0 Å². The lowest BCUT2D eigenvalue weighted by atomic mass is 10.1. The first-order valence-electron chi connectivity index (χ1n) is 5.24. The zero-order valence-electron chi connectivity index (χ0n) is 9.74. The highest BCUT2D eigenvalue weighted by Gasteiger charge is 2.06. The Hall–Kier alpha value is -2.08. The van der Waals surface area contributed by atoms with E-state index in [1.54, 1.807) is 24.5 Å². The van der Waals surface area contributed by atoms with Gasteiger partial charge in [-0.3, -0.25) is 0 Å². The van der Waals surface area contributed by atoms with Crippen LogP contribution in [-0.2, 0) is 0 Å². The molecule has 0 amide bonds.